The highest BCUT2D eigenvalue weighted by Crippen LogP contribution is 2.24. The minimum Gasteiger partial charge on any atom is -0.379 e. The number of sulfonamides is 1. The summed E-state index contributed by atoms with van der Waals surface area (Å²) in [6.07, 6.45) is 0.885. The first-order valence-electron chi connectivity index (χ1n) is 10.1. The van der Waals surface area contributed by atoms with E-state index >= 15 is 0 Å². The van der Waals surface area contributed by atoms with Gasteiger partial charge in [0.05, 0.1) is 18.1 Å². The Hall–Kier alpha value is -1.93. The molecule has 0 spiro atoms. The third-order valence-corrected chi connectivity index (χ3v) is 6.83. The van der Waals surface area contributed by atoms with Crippen LogP contribution in [0.25, 0.3) is 0 Å². The van der Waals surface area contributed by atoms with Crippen molar-refractivity contribution in [1.82, 2.24) is 9.62 Å². The summed E-state index contributed by atoms with van der Waals surface area (Å²) in [4.78, 5) is 4.64. The van der Waals surface area contributed by atoms with Gasteiger partial charge in [0.15, 0.2) is 0 Å². The third kappa shape index (κ3) is 5.57. The number of benzene rings is 2. The molecule has 1 atom stereocenters. The molecule has 6 nitrogen and oxygen atoms in total. The monoisotopic (exact) mass is 417 g/mol. The van der Waals surface area contributed by atoms with Crippen molar-refractivity contribution in [3.05, 3.63) is 59.7 Å². The molecule has 0 saturated carbocycles. The Bertz CT molecular complexity index is 875. The van der Waals surface area contributed by atoms with Gasteiger partial charge < -0.3 is 9.64 Å². The van der Waals surface area contributed by atoms with Gasteiger partial charge in [0.2, 0.25) is 10.0 Å². The lowest BCUT2D eigenvalue weighted by molar-refractivity contribution is 0.0172. The lowest BCUT2D eigenvalue weighted by Gasteiger charge is -2.35. The van der Waals surface area contributed by atoms with E-state index in [1.165, 1.54) is 0 Å². The zero-order valence-corrected chi connectivity index (χ0v) is 18.3. The zero-order valence-electron chi connectivity index (χ0n) is 17.5. The molecule has 2 aromatic rings. The summed E-state index contributed by atoms with van der Waals surface area (Å²) in [5.41, 5.74) is 3.34. The van der Waals surface area contributed by atoms with Gasteiger partial charge in [-0.15, -0.1) is 0 Å². The third-order valence-electron chi connectivity index (χ3n) is 5.39. The molecule has 1 heterocycles. The Balaban J connectivity index is 1.78. The highest BCUT2D eigenvalue weighted by molar-refractivity contribution is 7.89. The van der Waals surface area contributed by atoms with Crippen molar-refractivity contribution >= 4 is 15.7 Å². The topological polar surface area (TPSA) is 61.9 Å². The van der Waals surface area contributed by atoms with E-state index in [9.17, 15) is 8.42 Å². The van der Waals surface area contributed by atoms with E-state index in [2.05, 4.69) is 45.7 Å². The molecule has 1 unspecified atom stereocenters. The van der Waals surface area contributed by atoms with Crippen molar-refractivity contribution in [2.45, 2.75) is 24.3 Å². The zero-order chi connectivity index (χ0) is 20.9. The summed E-state index contributed by atoms with van der Waals surface area (Å²) in [7, 11) is 0.448. The summed E-state index contributed by atoms with van der Waals surface area (Å²) in [6, 6.07) is 15.4. The van der Waals surface area contributed by atoms with Crippen LogP contribution in [0, 0.1) is 0 Å². The lowest BCUT2D eigenvalue weighted by Crippen LogP contribution is -2.43. The van der Waals surface area contributed by atoms with Crippen molar-refractivity contribution in [2.24, 2.45) is 0 Å². The molecule has 1 saturated heterocycles. The van der Waals surface area contributed by atoms with Crippen LogP contribution in [0.4, 0.5) is 5.69 Å². The normalized spacial score (nSPS) is 16.5. The quantitative estimate of drug-likeness (QED) is 0.716. The molecule has 1 N–H and O–H groups in total. The van der Waals surface area contributed by atoms with E-state index in [4.69, 9.17) is 4.74 Å². The van der Waals surface area contributed by atoms with Crippen LogP contribution in [0.15, 0.2) is 53.4 Å². The second-order valence-corrected chi connectivity index (χ2v) is 9.27. The number of anilines is 1. The van der Waals surface area contributed by atoms with Gasteiger partial charge in [0.1, 0.15) is 0 Å². The molecule has 29 heavy (non-hydrogen) atoms. The Kier molecular flexibility index (Phi) is 7.29. The number of rotatable bonds is 8. The van der Waals surface area contributed by atoms with Gasteiger partial charge in [0, 0.05) is 45.5 Å². The van der Waals surface area contributed by atoms with Crippen LogP contribution in [0.2, 0.25) is 0 Å². The number of nitrogens with one attached hydrogen (secondary N) is 1. The maximum atomic E-state index is 12.8. The Morgan fingerprint density at radius 1 is 1.03 bits per heavy atom. The van der Waals surface area contributed by atoms with Gasteiger partial charge in [-0.25, -0.2) is 13.1 Å². The van der Waals surface area contributed by atoms with Crippen LogP contribution in [-0.4, -0.2) is 60.3 Å². The summed E-state index contributed by atoms with van der Waals surface area (Å²) in [6.45, 7) is 5.27. The smallest absolute Gasteiger partial charge is 0.240 e. The van der Waals surface area contributed by atoms with Crippen molar-refractivity contribution in [3.63, 3.8) is 0 Å². The number of hydrogen-bond donors (Lipinski definition) is 1. The van der Waals surface area contributed by atoms with E-state index < -0.39 is 10.0 Å². The molecule has 0 aliphatic carbocycles. The Labute approximate surface area is 174 Å². The fourth-order valence-corrected chi connectivity index (χ4v) is 4.56. The second-order valence-electron chi connectivity index (χ2n) is 7.50. The average molecular weight is 418 g/mol. The molecule has 1 fully saturated rings. The average Bonchev–Trinajstić information content (AvgIpc) is 2.75. The van der Waals surface area contributed by atoms with Crippen LogP contribution in [0.1, 0.15) is 24.1 Å². The van der Waals surface area contributed by atoms with E-state index in [0.29, 0.717) is 24.7 Å². The van der Waals surface area contributed by atoms with Gasteiger partial charge in [0.25, 0.3) is 0 Å². The van der Waals surface area contributed by atoms with Gasteiger partial charge in [-0.05, 0) is 41.8 Å². The van der Waals surface area contributed by atoms with E-state index in [-0.39, 0.29) is 6.04 Å². The van der Waals surface area contributed by atoms with Crippen molar-refractivity contribution in [2.75, 3.05) is 51.8 Å². The van der Waals surface area contributed by atoms with Gasteiger partial charge in [-0.1, -0.05) is 31.2 Å². The largest absolute Gasteiger partial charge is 0.379 e. The molecule has 0 bridgehead atoms. The predicted molar refractivity (Wildman–Crippen MR) is 117 cm³/mol. The van der Waals surface area contributed by atoms with Crippen LogP contribution in [-0.2, 0) is 21.2 Å². The van der Waals surface area contributed by atoms with E-state index in [1.807, 2.05) is 26.2 Å². The molecule has 158 valence electrons. The fourth-order valence-electron chi connectivity index (χ4n) is 3.52. The summed E-state index contributed by atoms with van der Waals surface area (Å²) in [5, 5.41) is 0. The van der Waals surface area contributed by atoms with E-state index in [0.717, 1.165) is 36.3 Å². The SMILES string of the molecule is CCc1ccc(S(=O)(=O)NCC(c2ccc(N(C)C)cc2)N2CCOCC2)cc1. The van der Waals surface area contributed by atoms with Gasteiger partial charge >= 0.3 is 0 Å². The predicted octanol–water partition coefficient (Wildman–Crippen LogP) is 2.67. The van der Waals surface area contributed by atoms with Gasteiger partial charge in [-0.2, -0.15) is 0 Å². The Morgan fingerprint density at radius 3 is 2.21 bits per heavy atom. The minimum atomic E-state index is -3.56. The number of nitrogens with zero attached hydrogens (tertiary/aromatic N) is 2. The van der Waals surface area contributed by atoms with Gasteiger partial charge in [-0.3, -0.25) is 4.90 Å². The summed E-state index contributed by atoms with van der Waals surface area (Å²) >= 11 is 0. The fraction of sp³-hybridized carbons (Fsp3) is 0.455. The molecular weight excluding hydrogens is 386 g/mol. The van der Waals surface area contributed by atoms with Crippen LogP contribution in [0.3, 0.4) is 0 Å². The summed E-state index contributed by atoms with van der Waals surface area (Å²) in [5.74, 6) is 0. The first-order chi connectivity index (χ1) is 13.9. The molecule has 0 aromatic heterocycles. The molecular formula is C22H31N3O3S. The molecule has 7 heteroatoms. The minimum absolute atomic E-state index is 0.0418. The standard InChI is InChI=1S/C22H31N3O3S/c1-4-18-5-11-21(12-6-18)29(26,27)23-17-22(25-13-15-28-16-14-25)19-7-9-20(10-8-19)24(2)3/h5-12,22-23H,4,13-17H2,1-3H3. The lowest BCUT2D eigenvalue weighted by atomic mass is 10.0. The molecule has 0 radical (unpaired) electrons. The van der Waals surface area contributed by atoms with Crippen LogP contribution < -0.4 is 9.62 Å². The van der Waals surface area contributed by atoms with Crippen molar-refractivity contribution in [1.29, 1.82) is 0 Å². The maximum Gasteiger partial charge on any atom is 0.240 e. The number of ether oxygens (including phenoxy) is 1. The first-order valence-corrected chi connectivity index (χ1v) is 11.6. The summed E-state index contributed by atoms with van der Waals surface area (Å²) < 4.78 is 34.0. The highest BCUT2D eigenvalue weighted by Gasteiger charge is 2.25. The number of morpholine rings is 1. The van der Waals surface area contributed by atoms with E-state index in [1.54, 1.807) is 12.1 Å². The van der Waals surface area contributed by atoms with Crippen molar-refractivity contribution in [3.8, 4) is 0 Å². The molecule has 3 rings (SSSR count). The molecule has 1 aliphatic rings. The molecule has 2 aromatic carbocycles. The first kappa shape index (κ1) is 21.8. The maximum absolute atomic E-state index is 12.8. The van der Waals surface area contributed by atoms with Crippen LogP contribution >= 0.6 is 0 Å². The second kappa shape index (κ2) is 9.71. The number of aryl methyl sites for hydroxylation is 1. The van der Waals surface area contributed by atoms with Crippen molar-refractivity contribution < 1.29 is 13.2 Å². The highest BCUT2D eigenvalue weighted by atomic mass is 32.2. The van der Waals surface area contributed by atoms with Crippen LogP contribution in [0.5, 0.6) is 0 Å². The number of hydrogen-bond acceptors (Lipinski definition) is 5. The Morgan fingerprint density at radius 2 is 1.66 bits per heavy atom. The molecule has 0 amide bonds. The molecule has 1 aliphatic heterocycles.